The van der Waals surface area contributed by atoms with Gasteiger partial charge in [0.1, 0.15) is 17.3 Å². The summed E-state index contributed by atoms with van der Waals surface area (Å²) in [6.45, 7) is 4.06. The highest BCUT2D eigenvalue weighted by Gasteiger charge is 2.38. The number of carbonyl (C=O) groups is 2. The van der Waals surface area contributed by atoms with Crippen LogP contribution in [0.2, 0.25) is 0 Å². The molecule has 2 fully saturated rings. The molecular weight excluding hydrogens is 482 g/mol. The normalized spacial score (nSPS) is 20.8. The van der Waals surface area contributed by atoms with Crippen LogP contribution in [0, 0.1) is 23.5 Å². The lowest BCUT2D eigenvalue weighted by atomic mass is 9.90. The Labute approximate surface area is 212 Å². The van der Waals surface area contributed by atoms with Crippen LogP contribution in [-0.2, 0) is 4.79 Å². The highest BCUT2D eigenvalue weighted by atomic mass is 19.1. The summed E-state index contributed by atoms with van der Waals surface area (Å²) in [4.78, 5) is 37.0. The van der Waals surface area contributed by atoms with Crippen molar-refractivity contribution < 1.29 is 22.9 Å². The molecule has 1 saturated heterocycles. The monoisotopic (exact) mass is 510 g/mol. The van der Waals surface area contributed by atoms with E-state index in [-0.39, 0.29) is 29.0 Å². The van der Waals surface area contributed by atoms with Crippen molar-refractivity contribution in [2.75, 3.05) is 19.6 Å². The SMILES string of the molecule is C[C@@H](NC(=O)[C@@H]1CN(CC2CC2)CC[C@H]1NC(=O)c1cc(-c2ccc(F)cc2F)no1)c1cnccn1. The van der Waals surface area contributed by atoms with E-state index in [1.54, 1.807) is 18.6 Å². The zero-order valence-electron chi connectivity index (χ0n) is 20.4. The maximum Gasteiger partial charge on any atom is 0.290 e. The highest BCUT2D eigenvalue weighted by Crippen LogP contribution is 2.31. The average molecular weight is 511 g/mol. The fourth-order valence-electron chi connectivity index (χ4n) is 4.66. The van der Waals surface area contributed by atoms with Crippen LogP contribution in [-0.4, -0.2) is 57.5 Å². The summed E-state index contributed by atoms with van der Waals surface area (Å²) in [6.07, 6.45) is 7.75. The van der Waals surface area contributed by atoms with Gasteiger partial charge in [-0.1, -0.05) is 5.16 Å². The van der Waals surface area contributed by atoms with E-state index in [4.69, 9.17) is 4.52 Å². The molecule has 2 amide bonds. The third-order valence-corrected chi connectivity index (χ3v) is 6.89. The zero-order valence-corrected chi connectivity index (χ0v) is 20.4. The van der Waals surface area contributed by atoms with E-state index >= 15 is 0 Å². The summed E-state index contributed by atoms with van der Waals surface area (Å²) in [6, 6.07) is 3.60. The second-order valence-electron chi connectivity index (χ2n) is 9.74. The van der Waals surface area contributed by atoms with Gasteiger partial charge in [0.2, 0.25) is 11.7 Å². The van der Waals surface area contributed by atoms with Gasteiger partial charge in [0.15, 0.2) is 0 Å². The minimum absolute atomic E-state index is 0.0211. The maximum atomic E-state index is 14.1. The molecule has 3 heterocycles. The molecule has 37 heavy (non-hydrogen) atoms. The largest absolute Gasteiger partial charge is 0.350 e. The van der Waals surface area contributed by atoms with Gasteiger partial charge >= 0.3 is 0 Å². The molecule has 5 rings (SSSR count). The molecule has 11 heteroatoms. The summed E-state index contributed by atoms with van der Waals surface area (Å²) in [5.41, 5.74) is 0.742. The Morgan fingerprint density at radius 3 is 2.76 bits per heavy atom. The molecule has 1 saturated carbocycles. The van der Waals surface area contributed by atoms with Crippen LogP contribution in [0.4, 0.5) is 8.78 Å². The topological polar surface area (TPSA) is 113 Å². The minimum Gasteiger partial charge on any atom is -0.350 e. The average Bonchev–Trinajstić information content (AvgIpc) is 3.57. The highest BCUT2D eigenvalue weighted by molar-refractivity contribution is 5.93. The van der Waals surface area contributed by atoms with Crippen LogP contribution in [0.3, 0.4) is 0 Å². The number of hydrogen-bond donors (Lipinski definition) is 2. The number of nitrogens with one attached hydrogen (secondary N) is 2. The molecule has 0 spiro atoms. The van der Waals surface area contributed by atoms with Gasteiger partial charge in [0.05, 0.1) is 23.9 Å². The summed E-state index contributed by atoms with van der Waals surface area (Å²) in [7, 11) is 0. The van der Waals surface area contributed by atoms with E-state index < -0.39 is 29.5 Å². The van der Waals surface area contributed by atoms with Crippen LogP contribution in [0.5, 0.6) is 0 Å². The van der Waals surface area contributed by atoms with E-state index in [1.807, 2.05) is 6.92 Å². The molecule has 0 bridgehead atoms. The van der Waals surface area contributed by atoms with Gasteiger partial charge < -0.3 is 20.1 Å². The molecule has 2 aromatic heterocycles. The summed E-state index contributed by atoms with van der Waals surface area (Å²) in [5.74, 6) is -2.20. The molecule has 194 valence electrons. The van der Waals surface area contributed by atoms with Crippen LogP contribution in [0.15, 0.2) is 47.4 Å². The first-order chi connectivity index (χ1) is 17.9. The van der Waals surface area contributed by atoms with Crippen molar-refractivity contribution >= 4 is 11.8 Å². The van der Waals surface area contributed by atoms with E-state index in [0.717, 1.165) is 25.2 Å². The molecular formula is C26H28F2N6O3. The van der Waals surface area contributed by atoms with E-state index in [2.05, 4.69) is 30.7 Å². The zero-order chi connectivity index (χ0) is 25.9. The molecule has 2 N–H and O–H groups in total. The van der Waals surface area contributed by atoms with Crippen molar-refractivity contribution in [3.05, 3.63) is 65.9 Å². The van der Waals surface area contributed by atoms with Crippen LogP contribution in [0.1, 0.15) is 48.5 Å². The van der Waals surface area contributed by atoms with Crippen molar-refractivity contribution in [1.82, 2.24) is 30.7 Å². The first-order valence-corrected chi connectivity index (χ1v) is 12.4. The van der Waals surface area contributed by atoms with Gasteiger partial charge in [-0.05, 0) is 44.2 Å². The molecule has 0 unspecified atom stereocenters. The molecule has 1 aliphatic heterocycles. The lowest BCUT2D eigenvalue weighted by Crippen LogP contribution is -2.56. The van der Waals surface area contributed by atoms with Gasteiger partial charge in [0.25, 0.3) is 5.91 Å². The van der Waals surface area contributed by atoms with Crippen molar-refractivity contribution in [2.45, 2.75) is 38.3 Å². The first kappa shape index (κ1) is 24.9. The Morgan fingerprint density at radius 1 is 1.19 bits per heavy atom. The maximum absolute atomic E-state index is 14.1. The van der Waals surface area contributed by atoms with Gasteiger partial charge in [-0.3, -0.25) is 19.6 Å². The number of likely N-dealkylation sites (tertiary alicyclic amines) is 1. The van der Waals surface area contributed by atoms with E-state index in [0.29, 0.717) is 24.6 Å². The molecule has 0 radical (unpaired) electrons. The van der Waals surface area contributed by atoms with E-state index in [1.165, 1.54) is 25.0 Å². The predicted molar refractivity (Wildman–Crippen MR) is 129 cm³/mol. The number of carbonyl (C=O) groups excluding carboxylic acids is 2. The number of hydrogen-bond acceptors (Lipinski definition) is 7. The minimum atomic E-state index is -0.808. The number of aromatic nitrogens is 3. The number of amides is 2. The summed E-state index contributed by atoms with van der Waals surface area (Å²) >= 11 is 0. The smallest absolute Gasteiger partial charge is 0.290 e. The van der Waals surface area contributed by atoms with E-state index in [9.17, 15) is 18.4 Å². The Morgan fingerprint density at radius 2 is 2.03 bits per heavy atom. The number of rotatable bonds is 8. The van der Waals surface area contributed by atoms with Crippen molar-refractivity contribution in [3.63, 3.8) is 0 Å². The quantitative estimate of drug-likeness (QED) is 0.479. The predicted octanol–water partition coefficient (Wildman–Crippen LogP) is 3.12. The van der Waals surface area contributed by atoms with Gasteiger partial charge in [-0.15, -0.1) is 0 Å². The van der Waals surface area contributed by atoms with Crippen molar-refractivity contribution in [2.24, 2.45) is 11.8 Å². The Bertz CT molecular complexity index is 1270. The lowest BCUT2D eigenvalue weighted by molar-refractivity contribution is -0.128. The summed E-state index contributed by atoms with van der Waals surface area (Å²) in [5, 5.41) is 9.69. The van der Waals surface area contributed by atoms with Gasteiger partial charge in [-0.2, -0.15) is 0 Å². The number of nitrogens with zero attached hydrogens (tertiary/aromatic N) is 4. The molecule has 1 aromatic carbocycles. The fourth-order valence-corrected chi connectivity index (χ4v) is 4.66. The standard InChI is InChI=1S/C26H28F2N6O3/c1-15(23-12-29-7-8-30-23)31-25(35)19-14-34(13-16-2-3-16)9-6-21(19)32-26(36)24-11-22(33-37-24)18-5-4-17(27)10-20(18)28/h4-5,7-8,10-12,15-16,19,21H,2-3,6,9,13-14H2,1H3,(H,31,35)(H,32,36)/t15-,19-,21-/m1/s1. The molecule has 1 aliphatic carbocycles. The number of benzene rings is 1. The Hall–Kier alpha value is -3.73. The number of piperidine rings is 1. The molecule has 3 aromatic rings. The Kier molecular flexibility index (Phi) is 7.22. The van der Waals surface area contributed by atoms with Crippen LogP contribution < -0.4 is 10.6 Å². The van der Waals surface area contributed by atoms with Crippen molar-refractivity contribution in [1.29, 1.82) is 0 Å². The van der Waals surface area contributed by atoms with Gasteiger partial charge in [-0.25, -0.2) is 8.78 Å². The van der Waals surface area contributed by atoms with Crippen LogP contribution >= 0.6 is 0 Å². The fraction of sp³-hybridized carbons (Fsp3) is 0.423. The first-order valence-electron chi connectivity index (χ1n) is 12.4. The van der Waals surface area contributed by atoms with Crippen LogP contribution in [0.25, 0.3) is 11.3 Å². The lowest BCUT2D eigenvalue weighted by Gasteiger charge is -2.38. The second-order valence-corrected chi connectivity index (χ2v) is 9.74. The Balaban J connectivity index is 1.29. The molecule has 9 nitrogen and oxygen atoms in total. The molecule has 3 atom stereocenters. The number of halogens is 2. The van der Waals surface area contributed by atoms with Crippen molar-refractivity contribution in [3.8, 4) is 11.3 Å². The summed E-state index contributed by atoms with van der Waals surface area (Å²) < 4.78 is 32.5. The third-order valence-electron chi connectivity index (χ3n) is 6.89. The second kappa shape index (κ2) is 10.7. The third kappa shape index (κ3) is 5.99. The van der Waals surface area contributed by atoms with Gasteiger partial charge in [0, 0.05) is 55.8 Å². The molecule has 2 aliphatic rings.